The zero-order valence-electron chi connectivity index (χ0n) is 13.1. The molecule has 24 heavy (non-hydrogen) atoms. The monoisotopic (exact) mass is 355 g/mol. The quantitative estimate of drug-likeness (QED) is 0.339. The van der Waals surface area contributed by atoms with Crippen LogP contribution >= 0.6 is 12.6 Å². The summed E-state index contributed by atoms with van der Waals surface area (Å²) in [6, 6.07) is 3.10. The lowest BCUT2D eigenvalue weighted by atomic mass is 10.0. The number of nitrogens with two attached hydrogens (primary N) is 1. The van der Waals surface area contributed by atoms with Crippen LogP contribution in [0.5, 0.6) is 5.75 Å². The summed E-state index contributed by atoms with van der Waals surface area (Å²) in [6.07, 6.45) is 0.115. The van der Waals surface area contributed by atoms with Crippen molar-refractivity contribution in [3.8, 4) is 5.75 Å². The van der Waals surface area contributed by atoms with Gasteiger partial charge in [0.15, 0.2) is 0 Å². The molecule has 0 fully saturated rings. The highest BCUT2D eigenvalue weighted by Gasteiger charge is 2.26. The van der Waals surface area contributed by atoms with Gasteiger partial charge in [0, 0.05) is 12.2 Å². The zero-order chi connectivity index (χ0) is 18.3. The summed E-state index contributed by atoms with van der Waals surface area (Å²) < 4.78 is 0. The fourth-order valence-electron chi connectivity index (χ4n) is 1.84. The minimum atomic E-state index is -1.22. The summed E-state index contributed by atoms with van der Waals surface area (Å²) in [5.74, 6) is -2.43. The zero-order valence-corrected chi connectivity index (χ0v) is 14.0. The third-order valence-electron chi connectivity index (χ3n) is 3.22. The fourth-order valence-corrected chi connectivity index (χ4v) is 2.09. The number of carbonyl (C=O) groups excluding carboxylic acids is 2. The van der Waals surface area contributed by atoms with Gasteiger partial charge in [-0.1, -0.05) is 12.1 Å². The number of phenolic OH excluding ortho intramolecular Hbond substituents is 1. The maximum Gasteiger partial charge on any atom is 0.327 e. The molecule has 0 saturated heterocycles. The first kappa shape index (κ1) is 19.8. The number of carbonyl (C=O) groups is 3. The number of benzene rings is 1. The van der Waals surface area contributed by atoms with Crippen LogP contribution in [0.4, 0.5) is 0 Å². The van der Waals surface area contributed by atoms with E-state index in [-0.39, 0.29) is 17.9 Å². The van der Waals surface area contributed by atoms with Gasteiger partial charge in [-0.2, -0.15) is 12.6 Å². The van der Waals surface area contributed by atoms with Crippen LogP contribution in [0.25, 0.3) is 0 Å². The van der Waals surface area contributed by atoms with Crippen molar-refractivity contribution in [1.29, 1.82) is 0 Å². The number of rotatable bonds is 8. The molecular weight excluding hydrogens is 334 g/mol. The lowest BCUT2D eigenvalue weighted by Crippen LogP contribution is -2.55. The van der Waals surface area contributed by atoms with Crippen LogP contribution in [0.3, 0.4) is 0 Å². The molecule has 0 aromatic heterocycles. The van der Waals surface area contributed by atoms with E-state index < -0.39 is 35.9 Å². The average molecular weight is 355 g/mol. The lowest BCUT2D eigenvalue weighted by molar-refractivity contribution is -0.141. The van der Waals surface area contributed by atoms with Crippen LogP contribution in [0, 0.1) is 0 Å². The van der Waals surface area contributed by atoms with Crippen LogP contribution in [-0.4, -0.2) is 51.9 Å². The molecule has 0 bridgehead atoms. The number of phenols is 1. The molecule has 132 valence electrons. The van der Waals surface area contributed by atoms with Crippen LogP contribution in [0.1, 0.15) is 12.5 Å². The second kappa shape index (κ2) is 9.14. The van der Waals surface area contributed by atoms with Gasteiger partial charge in [-0.25, -0.2) is 4.79 Å². The van der Waals surface area contributed by atoms with Crippen molar-refractivity contribution in [1.82, 2.24) is 10.6 Å². The van der Waals surface area contributed by atoms with E-state index in [1.54, 1.807) is 12.1 Å². The highest BCUT2D eigenvalue weighted by Crippen LogP contribution is 2.11. The molecular formula is C15H21N3O5S. The van der Waals surface area contributed by atoms with Crippen molar-refractivity contribution in [2.75, 3.05) is 5.75 Å². The van der Waals surface area contributed by atoms with E-state index in [2.05, 4.69) is 23.3 Å². The number of hydrogen-bond acceptors (Lipinski definition) is 6. The average Bonchev–Trinajstić information content (AvgIpc) is 2.53. The highest BCUT2D eigenvalue weighted by molar-refractivity contribution is 7.80. The Labute approximate surface area is 144 Å². The van der Waals surface area contributed by atoms with Crippen molar-refractivity contribution in [2.24, 2.45) is 5.73 Å². The van der Waals surface area contributed by atoms with Crippen LogP contribution < -0.4 is 16.4 Å². The Balaban J connectivity index is 2.90. The van der Waals surface area contributed by atoms with Crippen molar-refractivity contribution in [3.05, 3.63) is 29.8 Å². The molecule has 1 aromatic rings. The van der Waals surface area contributed by atoms with Gasteiger partial charge >= 0.3 is 5.97 Å². The second-order valence-electron chi connectivity index (χ2n) is 5.30. The SMILES string of the molecule is CC(N)C(=O)NC(Cc1ccc(O)cc1)C(=O)NC(CS)C(=O)O. The van der Waals surface area contributed by atoms with Crippen LogP contribution in [0.15, 0.2) is 24.3 Å². The number of thiol groups is 1. The number of amides is 2. The molecule has 0 heterocycles. The molecule has 9 heteroatoms. The summed E-state index contributed by atoms with van der Waals surface area (Å²) in [7, 11) is 0. The van der Waals surface area contributed by atoms with Gasteiger partial charge in [0.05, 0.1) is 6.04 Å². The van der Waals surface area contributed by atoms with E-state index in [9.17, 15) is 19.5 Å². The second-order valence-corrected chi connectivity index (χ2v) is 5.67. The molecule has 0 saturated carbocycles. The van der Waals surface area contributed by atoms with Gasteiger partial charge < -0.3 is 26.6 Å². The number of nitrogens with one attached hydrogen (secondary N) is 2. The Bertz CT molecular complexity index is 591. The maximum absolute atomic E-state index is 12.3. The Kier molecular flexibility index (Phi) is 7.53. The Morgan fingerprint density at radius 2 is 1.67 bits per heavy atom. The third kappa shape index (κ3) is 6.09. The van der Waals surface area contributed by atoms with Gasteiger partial charge in [0.25, 0.3) is 0 Å². The fraction of sp³-hybridized carbons (Fsp3) is 0.400. The molecule has 0 spiro atoms. The van der Waals surface area contributed by atoms with Crippen LogP contribution in [-0.2, 0) is 20.8 Å². The molecule has 0 aliphatic rings. The van der Waals surface area contributed by atoms with Crippen molar-refractivity contribution >= 4 is 30.4 Å². The van der Waals surface area contributed by atoms with Gasteiger partial charge in [-0.05, 0) is 24.6 Å². The Morgan fingerprint density at radius 3 is 2.12 bits per heavy atom. The molecule has 1 rings (SSSR count). The number of hydrogen-bond donors (Lipinski definition) is 6. The van der Waals surface area contributed by atoms with Crippen molar-refractivity contribution in [2.45, 2.75) is 31.5 Å². The standard InChI is InChI=1S/C15H21N3O5S/c1-8(16)13(20)17-11(6-9-2-4-10(19)5-3-9)14(21)18-12(7-24)15(22)23/h2-5,8,11-12,19,24H,6-7,16H2,1H3,(H,17,20)(H,18,21)(H,22,23). The Hall–Kier alpha value is -2.26. The van der Waals surface area contributed by atoms with Gasteiger partial charge in [0.1, 0.15) is 17.8 Å². The van der Waals surface area contributed by atoms with Crippen LogP contribution in [0.2, 0.25) is 0 Å². The first-order valence-electron chi connectivity index (χ1n) is 7.22. The molecule has 1 aromatic carbocycles. The maximum atomic E-state index is 12.3. The summed E-state index contributed by atoms with van der Waals surface area (Å²) in [5, 5.41) is 23.1. The van der Waals surface area contributed by atoms with E-state index in [0.717, 1.165) is 0 Å². The Morgan fingerprint density at radius 1 is 1.12 bits per heavy atom. The minimum Gasteiger partial charge on any atom is -0.508 e. The van der Waals surface area contributed by atoms with E-state index >= 15 is 0 Å². The molecule has 0 radical (unpaired) electrons. The first-order chi connectivity index (χ1) is 11.2. The predicted octanol–water partition coefficient (Wildman–Crippen LogP) is -0.734. The molecule has 8 nitrogen and oxygen atoms in total. The summed E-state index contributed by atoms with van der Waals surface area (Å²) in [4.78, 5) is 35.2. The molecule has 6 N–H and O–H groups in total. The van der Waals surface area contributed by atoms with Gasteiger partial charge in [0.2, 0.25) is 11.8 Å². The molecule has 0 aliphatic carbocycles. The molecule has 0 aliphatic heterocycles. The highest BCUT2D eigenvalue weighted by atomic mass is 32.1. The molecule has 3 unspecified atom stereocenters. The molecule has 2 amide bonds. The third-order valence-corrected chi connectivity index (χ3v) is 3.59. The lowest BCUT2D eigenvalue weighted by Gasteiger charge is -2.21. The van der Waals surface area contributed by atoms with E-state index in [0.29, 0.717) is 5.56 Å². The number of carboxylic acids is 1. The smallest absolute Gasteiger partial charge is 0.327 e. The number of carboxylic acid groups (broad SMARTS) is 1. The van der Waals surface area contributed by atoms with E-state index in [1.807, 2.05) is 0 Å². The normalized spacial score (nSPS) is 14.3. The van der Waals surface area contributed by atoms with Gasteiger partial charge in [-0.3, -0.25) is 9.59 Å². The number of aromatic hydroxyl groups is 1. The largest absolute Gasteiger partial charge is 0.508 e. The summed E-state index contributed by atoms with van der Waals surface area (Å²) in [5.41, 5.74) is 6.17. The van der Waals surface area contributed by atoms with Gasteiger partial charge in [-0.15, -0.1) is 0 Å². The first-order valence-corrected chi connectivity index (χ1v) is 7.85. The van der Waals surface area contributed by atoms with Crippen molar-refractivity contribution < 1.29 is 24.6 Å². The number of aliphatic carboxylic acids is 1. The topological polar surface area (TPSA) is 142 Å². The van der Waals surface area contributed by atoms with Crippen molar-refractivity contribution in [3.63, 3.8) is 0 Å². The summed E-state index contributed by atoms with van der Waals surface area (Å²) in [6.45, 7) is 1.47. The minimum absolute atomic E-state index is 0.0698. The van der Waals surface area contributed by atoms with E-state index in [1.165, 1.54) is 19.1 Å². The van der Waals surface area contributed by atoms with E-state index in [4.69, 9.17) is 10.8 Å². The summed E-state index contributed by atoms with van der Waals surface area (Å²) >= 11 is 3.88. The predicted molar refractivity (Wildman–Crippen MR) is 90.8 cm³/mol. The molecule has 3 atom stereocenters.